The van der Waals surface area contributed by atoms with Crippen LogP contribution in [-0.4, -0.2) is 29.4 Å². The molecule has 0 spiro atoms. The van der Waals surface area contributed by atoms with Gasteiger partial charge in [0, 0.05) is 30.6 Å². The van der Waals surface area contributed by atoms with Crippen molar-refractivity contribution < 1.29 is 14.7 Å². The van der Waals surface area contributed by atoms with Crippen LogP contribution in [-0.2, 0) is 4.79 Å². The quantitative estimate of drug-likeness (QED) is 0.696. The lowest BCUT2D eigenvalue weighted by Crippen LogP contribution is -2.27. The summed E-state index contributed by atoms with van der Waals surface area (Å²) in [6.45, 7) is 1.20. The highest BCUT2D eigenvalue weighted by molar-refractivity contribution is 5.97. The predicted molar refractivity (Wildman–Crippen MR) is 72.0 cm³/mol. The topological polar surface area (TPSA) is 92.4 Å². The van der Waals surface area contributed by atoms with Crippen molar-refractivity contribution in [3.05, 3.63) is 29.8 Å². The van der Waals surface area contributed by atoms with E-state index in [1.54, 1.807) is 24.3 Å². The zero-order valence-corrected chi connectivity index (χ0v) is 10.9. The van der Waals surface area contributed by atoms with E-state index in [1.807, 2.05) is 0 Å². The molecule has 0 aliphatic heterocycles. The van der Waals surface area contributed by atoms with Gasteiger partial charge in [0.1, 0.15) is 0 Å². The Morgan fingerprint density at radius 2 is 1.89 bits per heavy atom. The molecular formula is C12H17ClN2O3. The van der Waals surface area contributed by atoms with E-state index in [2.05, 4.69) is 5.32 Å². The maximum absolute atomic E-state index is 11.7. The van der Waals surface area contributed by atoms with Crippen molar-refractivity contribution in [1.29, 1.82) is 0 Å². The van der Waals surface area contributed by atoms with Crippen LogP contribution in [0.5, 0.6) is 0 Å². The average Bonchev–Trinajstić information content (AvgIpc) is 2.28. The third kappa shape index (κ3) is 5.27. The van der Waals surface area contributed by atoms with Crippen molar-refractivity contribution in [2.24, 2.45) is 5.73 Å². The molecule has 1 rings (SSSR count). The van der Waals surface area contributed by atoms with Gasteiger partial charge in [-0.15, -0.1) is 12.4 Å². The van der Waals surface area contributed by atoms with Crippen molar-refractivity contribution in [1.82, 2.24) is 0 Å². The minimum absolute atomic E-state index is 0. The first-order chi connectivity index (χ1) is 8.02. The second-order valence-electron chi connectivity index (χ2n) is 3.83. The smallest absolute Gasteiger partial charge is 0.221 e. The molecule has 1 aromatic rings. The summed E-state index contributed by atoms with van der Waals surface area (Å²) in [6.07, 6.45) is 0.107. The molecule has 0 heterocycles. The largest absolute Gasteiger partial charge is 0.395 e. The molecule has 5 nitrogen and oxygen atoms in total. The number of amides is 1. The van der Waals surface area contributed by atoms with Gasteiger partial charge in [-0.05, 0) is 24.3 Å². The first-order valence-electron chi connectivity index (χ1n) is 5.30. The molecule has 1 unspecified atom stereocenters. The third-order valence-corrected chi connectivity index (χ3v) is 2.21. The molecule has 0 radical (unpaired) electrons. The first kappa shape index (κ1) is 16.6. The van der Waals surface area contributed by atoms with Gasteiger partial charge in [-0.3, -0.25) is 9.59 Å². The van der Waals surface area contributed by atoms with Crippen LogP contribution >= 0.6 is 12.4 Å². The van der Waals surface area contributed by atoms with Crippen molar-refractivity contribution >= 4 is 29.8 Å². The van der Waals surface area contributed by atoms with Gasteiger partial charge in [-0.1, -0.05) is 0 Å². The van der Waals surface area contributed by atoms with E-state index in [0.29, 0.717) is 11.3 Å². The molecule has 6 heteroatoms. The summed E-state index contributed by atoms with van der Waals surface area (Å²) < 4.78 is 0. The first-order valence-corrected chi connectivity index (χ1v) is 5.30. The van der Waals surface area contributed by atoms with Crippen molar-refractivity contribution in [3.8, 4) is 0 Å². The Bertz CT molecular complexity index is 406. The van der Waals surface area contributed by atoms with E-state index in [0.717, 1.165) is 0 Å². The van der Waals surface area contributed by atoms with Crippen molar-refractivity contribution in [2.75, 3.05) is 11.9 Å². The molecule has 0 aliphatic carbocycles. The molecule has 1 atom stereocenters. The summed E-state index contributed by atoms with van der Waals surface area (Å²) in [5, 5.41) is 11.4. The Labute approximate surface area is 112 Å². The number of rotatable bonds is 5. The number of halogens is 1. The number of carbonyl (C=O) groups is 2. The lowest BCUT2D eigenvalue weighted by atomic mass is 10.0. The van der Waals surface area contributed by atoms with Crippen molar-refractivity contribution in [3.63, 3.8) is 0 Å². The summed E-state index contributed by atoms with van der Waals surface area (Å²) >= 11 is 0. The standard InChI is InChI=1S/C12H16N2O3.ClH/c1-8(16)14-11-4-2-9(3-5-11)12(17)6-10(13)7-15;/h2-5,10,15H,6-7,13H2,1H3,(H,14,16);1H. The SMILES string of the molecule is CC(=O)Nc1ccc(C(=O)CC(N)CO)cc1.Cl. The molecule has 100 valence electrons. The molecule has 0 saturated carbocycles. The third-order valence-electron chi connectivity index (χ3n) is 2.21. The number of nitrogens with one attached hydrogen (secondary N) is 1. The second kappa shape index (κ2) is 7.81. The Morgan fingerprint density at radius 1 is 1.33 bits per heavy atom. The van der Waals surface area contributed by atoms with E-state index in [-0.39, 0.29) is 37.1 Å². The van der Waals surface area contributed by atoms with Crippen LogP contribution in [0.2, 0.25) is 0 Å². The van der Waals surface area contributed by atoms with Gasteiger partial charge >= 0.3 is 0 Å². The minimum Gasteiger partial charge on any atom is -0.395 e. The van der Waals surface area contributed by atoms with Crippen LogP contribution < -0.4 is 11.1 Å². The predicted octanol–water partition coefficient (Wildman–Crippen LogP) is 0.959. The van der Waals surface area contributed by atoms with Crippen molar-refractivity contribution in [2.45, 2.75) is 19.4 Å². The molecule has 0 saturated heterocycles. The normalized spacial score (nSPS) is 11.3. The summed E-state index contributed by atoms with van der Waals surface area (Å²) in [6, 6.07) is 6.02. The Morgan fingerprint density at radius 3 is 2.33 bits per heavy atom. The van der Waals surface area contributed by atoms with Gasteiger partial charge < -0.3 is 16.2 Å². The number of nitrogens with two attached hydrogens (primary N) is 1. The fraction of sp³-hybridized carbons (Fsp3) is 0.333. The number of anilines is 1. The van der Waals surface area contributed by atoms with Crippen LogP contribution in [0.4, 0.5) is 5.69 Å². The highest BCUT2D eigenvalue weighted by Crippen LogP contribution is 2.11. The zero-order valence-electron chi connectivity index (χ0n) is 10.1. The van der Waals surface area contributed by atoms with Crippen LogP contribution in [0.25, 0.3) is 0 Å². The highest BCUT2D eigenvalue weighted by atomic mass is 35.5. The van der Waals surface area contributed by atoms with E-state index >= 15 is 0 Å². The van der Waals surface area contributed by atoms with Gasteiger partial charge in [0.05, 0.1) is 6.61 Å². The second-order valence-corrected chi connectivity index (χ2v) is 3.83. The summed E-state index contributed by atoms with van der Waals surface area (Å²) in [7, 11) is 0. The number of aliphatic hydroxyl groups is 1. The number of aliphatic hydroxyl groups excluding tert-OH is 1. The van der Waals surface area contributed by atoms with Crippen LogP contribution in [0.15, 0.2) is 24.3 Å². The van der Waals surface area contributed by atoms with E-state index in [9.17, 15) is 9.59 Å². The number of ketones is 1. The van der Waals surface area contributed by atoms with Gasteiger partial charge in [-0.2, -0.15) is 0 Å². The number of benzene rings is 1. The fourth-order valence-corrected chi connectivity index (χ4v) is 1.36. The lowest BCUT2D eigenvalue weighted by molar-refractivity contribution is -0.114. The maximum Gasteiger partial charge on any atom is 0.221 e. The van der Waals surface area contributed by atoms with E-state index < -0.39 is 6.04 Å². The van der Waals surface area contributed by atoms with Crippen LogP contribution in [0, 0.1) is 0 Å². The van der Waals surface area contributed by atoms with Crippen LogP contribution in [0.1, 0.15) is 23.7 Å². The summed E-state index contributed by atoms with van der Waals surface area (Å²) in [4.78, 5) is 22.5. The summed E-state index contributed by atoms with van der Waals surface area (Å²) in [5.41, 5.74) is 6.64. The van der Waals surface area contributed by atoms with Gasteiger partial charge in [-0.25, -0.2) is 0 Å². The van der Waals surface area contributed by atoms with E-state index in [4.69, 9.17) is 10.8 Å². The molecule has 0 aliphatic rings. The molecule has 0 aromatic heterocycles. The molecule has 4 N–H and O–H groups in total. The fourth-order valence-electron chi connectivity index (χ4n) is 1.36. The molecule has 1 amide bonds. The van der Waals surface area contributed by atoms with Gasteiger partial charge in [0.25, 0.3) is 0 Å². The molecule has 1 aromatic carbocycles. The van der Waals surface area contributed by atoms with Crippen LogP contribution in [0.3, 0.4) is 0 Å². The van der Waals surface area contributed by atoms with E-state index in [1.165, 1.54) is 6.92 Å². The average molecular weight is 273 g/mol. The zero-order chi connectivity index (χ0) is 12.8. The van der Waals surface area contributed by atoms with Gasteiger partial charge in [0.2, 0.25) is 5.91 Å². The molecule has 18 heavy (non-hydrogen) atoms. The Balaban J connectivity index is 0.00000289. The Kier molecular flexibility index (Phi) is 7.19. The number of hydrogen-bond donors (Lipinski definition) is 3. The molecule has 0 fully saturated rings. The monoisotopic (exact) mass is 272 g/mol. The molecule has 0 bridgehead atoms. The minimum atomic E-state index is -0.530. The lowest BCUT2D eigenvalue weighted by Gasteiger charge is -2.07. The maximum atomic E-state index is 11.7. The van der Waals surface area contributed by atoms with Gasteiger partial charge in [0.15, 0.2) is 5.78 Å². The molecular weight excluding hydrogens is 256 g/mol. The summed E-state index contributed by atoms with van der Waals surface area (Å²) in [5.74, 6) is -0.285. The highest BCUT2D eigenvalue weighted by Gasteiger charge is 2.10. The number of Topliss-reactive ketones (excluding diaryl/α,β-unsaturated/α-hetero) is 1. The Hall–Kier alpha value is -1.43. The number of carbonyl (C=O) groups excluding carboxylic acids is 2. The number of hydrogen-bond acceptors (Lipinski definition) is 4.